The van der Waals surface area contributed by atoms with Crippen LogP contribution in [0.15, 0.2) is 18.3 Å². The Labute approximate surface area is 86.1 Å². The third kappa shape index (κ3) is 1.60. The number of fused-ring (bicyclic) bond motifs is 1. The molecule has 0 amide bonds. The third-order valence-corrected chi connectivity index (χ3v) is 2.43. The lowest BCUT2D eigenvalue weighted by Gasteiger charge is -2.08. The van der Waals surface area contributed by atoms with Crippen LogP contribution in [-0.4, -0.2) is 21.2 Å². The zero-order chi connectivity index (χ0) is 11.0. The summed E-state index contributed by atoms with van der Waals surface area (Å²) in [6, 6.07) is 3.08. The van der Waals surface area contributed by atoms with Gasteiger partial charge in [0.2, 0.25) is 0 Å². The molecule has 80 valence electrons. The first-order chi connectivity index (χ1) is 7.13. The van der Waals surface area contributed by atoms with Gasteiger partial charge in [0.25, 0.3) is 0 Å². The summed E-state index contributed by atoms with van der Waals surface area (Å²) in [4.78, 5) is 3.95. The molecule has 4 nitrogen and oxygen atoms in total. The van der Waals surface area contributed by atoms with Gasteiger partial charge in [-0.25, -0.2) is 9.37 Å². The van der Waals surface area contributed by atoms with Crippen LogP contribution in [0.3, 0.4) is 0 Å². The highest BCUT2D eigenvalue weighted by molar-refractivity contribution is 5.77. The molecule has 15 heavy (non-hydrogen) atoms. The molecule has 1 atom stereocenters. The van der Waals surface area contributed by atoms with Crippen molar-refractivity contribution in [3.05, 3.63) is 29.8 Å². The van der Waals surface area contributed by atoms with Crippen molar-refractivity contribution in [3.8, 4) is 0 Å². The number of hydrogen-bond donors (Lipinski definition) is 2. The zero-order valence-corrected chi connectivity index (χ0v) is 8.31. The quantitative estimate of drug-likeness (QED) is 0.765. The number of rotatable bonds is 2. The molecule has 0 radical (unpaired) electrons. The van der Waals surface area contributed by atoms with Crippen LogP contribution >= 0.6 is 0 Å². The Kier molecular flexibility index (Phi) is 2.42. The van der Waals surface area contributed by atoms with Crippen molar-refractivity contribution in [2.75, 3.05) is 6.54 Å². The zero-order valence-electron chi connectivity index (χ0n) is 8.31. The van der Waals surface area contributed by atoms with E-state index in [9.17, 15) is 9.50 Å². The highest BCUT2D eigenvalue weighted by atomic mass is 19.1. The van der Waals surface area contributed by atoms with Crippen LogP contribution in [0.5, 0.6) is 0 Å². The molecule has 0 aliphatic rings. The van der Waals surface area contributed by atoms with E-state index in [1.165, 1.54) is 6.07 Å². The van der Waals surface area contributed by atoms with Crippen LogP contribution < -0.4 is 5.73 Å². The number of aromatic nitrogens is 2. The Morgan fingerprint density at radius 3 is 3.00 bits per heavy atom. The predicted molar refractivity (Wildman–Crippen MR) is 54.7 cm³/mol. The fourth-order valence-corrected chi connectivity index (χ4v) is 1.65. The minimum atomic E-state index is -0.743. The molecule has 0 saturated heterocycles. The van der Waals surface area contributed by atoms with Gasteiger partial charge in [0.15, 0.2) is 0 Å². The molecule has 0 saturated carbocycles. The van der Waals surface area contributed by atoms with Crippen molar-refractivity contribution in [2.24, 2.45) is 12.8 Å². The summed E-state index contributed by atoms with van der Waals surface area (Å²) >= 11 is 0. The normalized spacial score (nSPS) is 13.3. The minimum absolute atomic E-state index is 0.132. The molecule has 2 heterocycles. The van der Waals surface area contributed by atoms with Crippen molar-refractivity contribution in [1.82, 2.24) is 9.55 Å². The number of halogens is 1. The van der Waals surface area contributed by atoms with Gasteiger partial charge in [-0.3, -0.25) is 0 Å². The molecule has 5 heteroatoms. The Hall–Kier alpha value is -1.46. The summed E-state index contributed by atoms with van der Waals surface area (Å²) in [6.07, 6.45) is 0.410. The summed E-state index contributed by atoms with van der Waals surface area (Å²) in [6.45, 7) is 0.132. The number of nitrogens with zero attached hydrogens (tertiary/aromatic N) is 2. The number of nitrogens with two attached hydrogens (primary N) is 1. The van der Waals surface area contributed by atoms with Crippen LogP contribution in [0.25, 0.3) is 11.0 Å². The van der Waals surface area contributed by atoms with Gasteiger partial charge in [0, 0.05) is 24.7 Å². The Morgan fingerprint density at radius 1 is 1.60 bits per heavy atom. The lowest BCUT2D eigenvalue weighted by Crippen LogP contribution is -2.14. The van der Waals surface area contributed by atoms with Gasteiger partial charge >= 0.3 is 0 Å². The van der Waals surface area contributed by atoms with Crippen LogP contribution in [0.1, 0.15) is 11.8 Å². The standard InChI is InChI=1S/C10H12FN3O/c1-14-8(9(15)4-12)3-6-2-7(11)5-13-10(6)14/h2-3,5,9,15H,4,12H2,1H3. The molecular formula is C10H12FN3O. The van der Waals surface area contributed by atoms with Gasteiger partial charge in [0.1, 0.15) is 17.6 Å². The molecule has 1 unspecified atom stereocenters. The maximum atomic E-state index is 12.9. The fraction of sp³-hybridized carbons (Fsp3) is 0.300. The van der Waals surface area contributed by atoms with Crippen molar-refractivity contribution >= 4 is 11.0 Å². The second-order valence-electron chi connectivity index (χ2n) is 3.45. The van der Waals surface area contributed by atoms with Gasteiger partial charge in [-0.1, -0.05) is 0 Å². The summed E-state index contributed by atoms with van der Waals surface area (Å²) < 4.78 is 14.6. The smallest absolute Gasteiger partial charge is 0.142 e. The van der Waals surface area contributed by atoms with E-state index >= 15 is 0 Å². The van der Waals surface area contributed by atoms with Crippen molar-refractivity contribution in [3.63, 3.8) is 0 Å². The fourth-order valence-electron chi connectivity index (χ4n) is 1.65. The molecule has 0 aromatic carbocycles. The van der Waals surface area contributed by atoms with E-state index in [1.807, 2.05) is 0 Å². The Morgan fingerprint density at radius 2 is 2.33 bits per heavy atom. The number of aliphatic hydroxyl groups excluding tert-OH is 1. The first kappa shape index (κ1) is 10.1. The average Bonchev–Trinajstić information content (AvgIpc) is 2.54. The molecule has 0 aliphatic carbocycles. The molecular weight excluding hydrogens is 197 g/mol. The van der Waals surface area contributed by atoms with Crippen LogP contribution in [0, 0.1) is 5.82 Å². The van der Waals surface area contributed by atoms with Gasteiger partial charge in [-0.05, 0) is 12.1 Å². The van der Waals surface area contributed by atoms with Gasteiger partial charge in [-0.15, -0.1) is 0 Å². The maximum Gasteiger partial charge on any atom is 0.142 e. The monoisotopic (exact) mass is 209 g/mol. The summed E-state index contributed by atoms with van der Waals surface area (Å²) in [7, 11) is 1.77. The summed E-state index contributed by atoms with van der Waals surface area (Å²) in [5.41, 5.74) is 6.65. The molecule has 2 rings (SSSR count). The number of hydrogen-bond acceptors (Lipinski definition) is 3. The molecule has 3 N–H and O–H groups in total. The molecule has 0 spiro atoms. The predicted octanol–water partition coefficient (Wildman–Crippen LogP) is 0.704. The SMILES string of the molecule is Cn1c(C(O)CN)cc2cc(F)cnc21. The summed E-state index contributed by atoms with van der Waals surface area (Å²) in [5, 5.41) is 10.3. The van der Waals surface area contributed by atoms with Gasteiger partial charge < -0.3 is 15.4 Å². The van der Waals surface area contributed by atoms with E-state index < -0.39 is 6.10 Å². The van der Waals surface area contributed by atoms with E-state index in [0.29, 0.717) is 16.7 Å². The van der Waals surface area contributed by atoms with Crippen molar-refractivity contribution < 1.29 is 9.50 Å². The number of aryl methyl sites for hydroxylation is 1. The van der Waals surface area contributed by atoms with Crippen molar-refractivity contribution in [1.29, 1.82) is 0 Å². The van der Waals surface area contributed by atoms with E-state index in [2.05, 4.69) is 4.98 Å². The lowest BCUT2D eigenvalue weighted by atomic mass is 10.2. The van der Waals surface area contributed by atoms with E-state index in [4.69, 9.17) is 5.73 Å². The molecule has 2 aromatic heterocycles. The van der Waals surface area contributed by atoms with Crippen LogP contribution in [-0.2, 0) is 7.05 Å². The highest BCUT2D eigenvalue weighted by Crippen LogP contribution is 2.21. The molecule has 0 fully saturated rings. The maximum absolute atomic E-state index is 12.9. The van der Waals surface area contributed by atoms with Crippen LogP contribution in [0.2, 0.25) is 0 Å². The van der Waals surface area contributed by atoms with Gasteiger partial charge in [0.05, 0.1) is 6.20 Å². The first-order valence-corrected chi connectivity index (χ1v) is 4.62. The van der Waals surface area contributed by atoms with E-state index in [0.717, 1.165) is 6.20 Å². The Bertz CT molecular complexity index is 495. The summed E-state index contributed by atoms with van der Waals surface area (Å²) in [5.74, 6) is -0.387. The van der Waals surface area contributed by atoms with Crippen molar-refractivity contribution in [2.45, 2.75) is 6.10 Å². The van der Waals surface area contributed by atoms with Crippen LogP contribution in [0.4, 0.5) is 4.39 Å². The second-order valence-corrected chi connectivity index (χ2v) is 3.45. The average molecular weight is 209 g/mol. The third-order valence-electron chi connectivity index (χ3n) is 2.43. The first-order valence-electron chi connectivity index (χ1n) is 4.62. The van der Waals surface area contributed by atoms with E-state index in [-0.39, 0.29) is 12.4 Å². The molecule has 2 aromatic rings. The topological polar surface area (TPSA) is 64.1 Å². The minimum Gasteiger partial charge on any atom is -0.386 e. The van der Waals surface area contributed by atoms with E-state index in [1.54, 1.807) is 17.7 Å². The highest BCUT2D eigenvalue weighted by Gasteiger charge is 2.13. The van der Waals surface area contributed by atoms with Gasteiger partial charge in [-0.2, -0.15) is 0 Å². The largest absolute Gasteiger partial charge is 0.386 e. The molecule has 0 bridgehead atoms. The molecule has 0 aliphatic heterocycles. The Balaban J connectivity index is 2.63. The number of aliphatic hydroxyl groups is 1. The number of pyridine rings is 1. The second kappa shape index (κ2) is 3.60. The lowest BCUT2D eigenvalue weighted by molar-refractivity contribution is 0.179.